The summed E-state index contributed by atoms with van der Waals surface area (Å²) in [5, 5.41) is 3.28. The third-order valence-electron chi connectivity index (χ3n) is 3.83. The Balaban J connectivity index is 2.29. The van der Waals surface area contributed by atoms with E-state index in [4.69, 9.17) is 4.74 Å². The molecule has 0 radical (unpaired) electrons. The topological polar surface area (TPSA) is 41.6 Å². The monoisotopic (exact) mass is 262 g/mol. The molecule has 1 N–H and O–H groups in total. The van der Waals surface area contributed by atoms with Crippen LogP contribution in [0.5, 0.6) is 5.75 Å². The first-order chi connectivity index (χ1) is 9.04. The van der Waals surface area contributed by atoms with Gasteiger partial charge in [-0.3, -0.25) is 10.1 Å². The van der Waals surface area contributed by atoms with Crippen LogP contribution < -0.4 is 10.1 Å². The van der Waals surface area contributed by atoms with Crippen molar-refractivity contribution in [3.63, 3.8) is 0 Å². The lowest BCUT2D eigenvalue weighted by Gasteiger charge is -2.33. The van der Waals surface area contributed by atoms with Gasteiger partial charge in [0, 0.05) is 6.04 Å². The summed E-state index contributed by atoms with van der Waals surface area (Å²) in [5.74, 6) is 1.40. The van der Waals surface area contributed by atoms with Crippen LogP contribution in [-0.4, -0.2) is 30.5 Å². The van der Waals surface area contributed by atoms with Gasteiger partial charge in [0.1, 0.15) is 11.9 Å². The predicted molar refractivity (Wildman–Crippen MR) is 74.9 cm³/mol. The molecule has 1 aromatic rings. The van der Waals surface area contributed by atoms with Crippen molar-refractivity contribution >= 4 is 5.91 Å². The number of nitrogens with zero attached hydrogens (tertiary/aromatic N) is 1. The summed E-state index contributed by atoms with van der Waals surface area (Å²) in [6, 6.07) is 8.08. The molecule has 0 aliphatic carbocycles. The standard InChI is InChI=1S/C15H22N2O2/c1-10(2)11(3)17-14(18)9-16-15(17)12-6-5-7-13(8-12)19-4/h5-8,10-11,15-16H,9H2,1-4H3. The molecule has 1 amide bonds. The molecular formula is C15H22N2O2. The van der Waals surface area contributed by atoms with E-state index in [1.165, 1.54) is 0 Å². The number of carbonyl (C=O) groups excluding carboxylic acids is 1. The maximum absolute atomic E-state index is 12.1. The van der Waals surface area contributed by atoms with Gasteiger partial charge < -0.3 is 9.64 Å². The van der Waals surface area contributed by atoms with Gasteiger partial charge in [-0.05, 0) is 30.5 Å². The molecule has 1 aliphatic heterocycles. The zero-order valence-electron chi connectivity index (χ0n) is 12.0. The molecule has 2 rings (SSSR count). The summed E-state index contributed by atoms with van der Waals surface area (Å²) in [6.07, 6.45) is -0.0556. The molecule has 2 unspecified atom stereocenters. The van der Waals surface area contributed by atoms with Crippen molar-refractivity contribution in [1.29, 1.82) is 0 Å². The van der Waals surface area contributed by atoms with Gasteiger partial charge in [-0.1, -0.05) is 26.0 Å². The third kappa shape index (κ3) is 2.73. The Kier molecular flexibility index (Phi) is 4.10. The van der Waals surface area contributed by atoms with Crippen LogP contribution in [0, 0.1) is 5.92 Å². The van der Waals surface area contributed by atoms with E-state index in [9.17, 15) is 4.79 Å². The molecule has 0 bridgehead atoms. The Morgan fingerprint density at radius 1 is 1.37 bits per heavy atom. The minimum Gasteiger partial charge on any atom is -0.497 e. The van der Waals surface area contributed by atoms with Crippen molar-refractivity contribution in [3.05, 3.63) is 29.8 Å². The highest BCUT2D eigenvalue weighted by atomic mass is 16.5. The normalized spacial score (nSPS) is 21.0. The van der Waals surface area contributed by atoms with Gasteiger partial charge in [0.15, 0.2) is 0 Å². The van der Waals surface area contributed by atoms with Gasteiger partial charge in [0.2, 0.25) is 5.91 Å². The molecule has 1 fully saturated rings. The number of methoxy groups -OCH3 is 1. The van der Waals surface area contributed by atoms with Crippen LogP contribution in [0.15, 0.2) is 24.3 Å². The first kappa shape index (κ1) is 13.9. The molecule has 0 spiro atoms. The van der Waals surface area contributed by atoms with Crippen molar-refractivity contribution in [2.45, 2.75) is 33.0 Å². The van der Waals surface area contributed by atoms with E-state index in [-0.39, 0.29) is 18.1 Å². The number of benzene rings is 1. The largest absolute Gasteiger partial charge is 0.497 e. The van der Waals surface area contributed by atoms with Crippen LogP contribution in [0.1, 0.15) is 32.5 Å². The van der Waals surface area contributed by atoms with Gasteiger partial charge >= 0.3 is 0 Å². The summed E-state index contributed by atoms with van der Waals surface area (Å²) >= 11 is 0. The molecule has 1 aliphatic rings. The molecule has 19 heavy (non-hydrogen) atoms. The van der Waals surface area contributed by atoms with Gasteiger partial charge in [-0.15, -0.1) is 0 Å². The number of carbonyl (C=O) groups is 1. The second kappa shape index (κ2) is 5.61. The quantitative estimate of drug-likeness (QED) is 0.904. The Morgan fingerprint density at radius 2 is 2.11 bits per heavy atom. The van der Waals surface area contributed by atoms with Crippen LogP contribution in [-0.2, 0) is 4.79 Å². The Hall–Kier alpha value is -1.55. The summed E-state index contributed by atoms with van der Waals surface area (Å²) in [6.45, 7) is 6.78. The van der Waals surface area contributed by atoms with Crippen LogP contribution in [0.2, 0.25) is 0 Å². The fourth-order valence-electron chi connectivity index (χ4n) is 2.39. The Morgan fingerprint density at radius 3 is 2.74 bits per heavy atom. The fourth-order valence-corrected chi connectivity index (χ4v) is 2.39. The van der Waals surface area contributed by atoms with E-state index < -0.39 is 0 Å². The number of nitrogens with one attached hydrogen (secondary N) is 1. The van der Waals surface area contributed by atoms with Crippen molar-refractivity contribution in [2.75, 3.05) is 13.7 Å². The maximum Gasteiger partial charge on any atom is 0.238 e. The Bertz CT molecular complexity index is 459. The van der Waals surface area contributed by atoms with E-state index in [2.05, 4.69) is 26.1 Å². The number of hydrogen-bond acceptors (Lipinski definition) is 3. The lowest BCUT2D eigenvalue weighted by atomic mass is 10.0. The molecule has 104 valence electrons. The zero-order valence-corrected chi connectivity index (χ0v) is 12.0. The lowest BCUT2D eigenvalue weighted by molar-refractivity contribution is -0.130. The molecule has 0 aromatic heterocycles. The minimum absolute atomic E-state index is 0.0556. The summed E-state index contributed by atoms with van der Waals surface area (Å²) in [7, 11) is 1.65. The number of amides is 1. The van der Waals surface area contributed by atoms with E-state index in [1.54, 1.807) is 7.11 Å². The van der Waals surface area contributed by atoms with Crippen LogP contribution in [0.3, 0.4) is 0 Å². The van der Waals surface area contributed by atoms with Gasteiger partial charge in [-0.2, -0.15) is 0 Å². The molecule has 1 heterocycles. The average Bonchev–Trinajstić information content (AvgIpc) is 2.79. The first-order valence-corrected chi connectivity index (χ1v) is 6.73. The van der Waals surface area contributed by atoms with Crippen LogP contribution in [0.25, 0.3) is 0 Å². The SMILES string of the molecule is COc1cccc(C2NCC(=O)N2C(C)C(C)C)c1. The summed E-state index contributed by atoms with van der Waals surface area (Å²) in [5.41, 5.74) is 1.07. The molecule has 4 nitrogen and oxygen atoms in total. The lowest BCUT2D eigenvalue weighted by Crippen LogP contribution is -2.40. The second-order valence-electron chi connectivity index (χ2n) is 5.35. The van der Waals surface area contributed by atoms with Crippen molar-refractivity contribution in [2.24, 2.45) is 5.92 Å². The average molecular weight is 262 g/mol. The second-order valence-corrected chi connectivity index (χ2v) is 5.35. The number of ether oxygens (including phenoxy) is 1. The van der Waals surface area contributed by atoms with Gasteiger partial charge in [-0.25, -0.2) is 0 Å². The van der Waals surface area contributed by atoms with Crippen LogP contribution >= 0.6 is 0 Å². The zero-order chi connectivity index (χ0) is 14.0. The molecule has 1 aromatic carbocycles. The minimum atomic E-state index is -0.0556. The smallest absolute Gasteiger partial charge is 0.238 e. The molecule has 1 saturated heterocycles. The van der Waals surface area contributed by atoms with Crippen molar-refractivity contribution in [1.82, 2.24) is 10.2 Å². The molecule has 2 atom stereocenters. The molecule has 4 heteroatoms. The number of rotatable bonds is 4. The summed E-state index contributed by atoms with van der Waals surface area (Å²) in [4.78, 5) is 14.0. The summed E-state index contributed by atoms with van der Waals surface area (Å²) < 4.78 is 5.25. The van der Waals surface area contributed by atoms with E-state index in [0.717, 1.165) is 11.3 Å². The van der Waals surface area contributed by atoms with E-state index >= 15 is 0 Å². The third-order valence-corrected chi connectivity index (χ3v) is 3.83. The fraction of sp³-hybridized carbons (Fsp3) is 0.533. The molecule has 0 saturated carbocycles. The van der Waals surface area contributed by atoms with Crippen LogP contribution in [0.4, 0.5) is 0 Å². The highest BCUT2D eigenvalue weighted by Crippen LogP contribution is 2.29. The van der Waals surface area contributed by atoms with Gasteiger partial charge in [0.05, 0.1) is 13.7 Å². The maximum atomic E-state index is 12.1. The van der Waals surface area contributed by atoms with E-state index in [1.807, 2.05) is 29.2 Å². The van der Waals surface area contributed by atoms with E-state index in [0.29, 0.717) is 12.5 Å². The van der Waals surface area contributed by atoms with Gasteiger partial charge in [0.25, 0.3) is 0 Å². The van der Waals surface area contributed by atoms with Crippen molar-refractivity contribution < 1.29 is 9.53 Å². The Labute approximate surface area is 114 Å². The first-order valence-electron chi connectivity index (χ1n) is 6.73. The highest BCUT2D eigenvalue weighted by molar-refractivity contribution is 5.81. The molecular weight excluding hydrogens is 240 g/mol. The van der Waals surface area contributed by atoms with Crippen molar-refractivity contribution in [3.8, 4) is 5.75 Å². The predicted octanol–water partition coefficient (Wildman–Crippen LogP) is 2.17. The number of hydrogen-bond donors (Lipinski definition) is 1. The highest BCUT2D eigenvalue weighted by Gasteiger charge is 2.35.